The number of allylic oxidation sites excluding steroid dienone is 3. The smallest absolute Gasteiger partial charge is 0.0220 e. The Morgan fingerprint density at radius 2 is 1.84 bits per heavy atom. The van der Waals surface area contributed by atoms with E-state index in [2.05, 4.69) is 43.1 Å². The number of nitrogens with zero attached hydrogens (tertiary/aromatic N) is 1. The third kappa shape index (κ3) is 2.31. The van der Waals surface area contributed by atoms with Crippen LogP contribution in [0.3, 0.4) is 0 Å². The van der Waals surface area contributed by atoms with Crippen molar-refractivity contribution in [2.24, 2.45) is 17.3 Å². The van der Waals surface area contributed by atoms with E-state index in [0.29, 0.717) is 5.41 Å². The Hall–Kier alpha value is -0.560. The zero-order valence-corrected chi connectivity index (χ0v) is 12.6. The molecule has 2 fully saturated rings. The van der Waals surface area contributed by atoms with E-state index < -0.39 is 0 Å². The molecule has 3 rings (SSSR count). The first-order valence-corrected chi connectivity index (χ1v) is 8.42. The van der Waals surface area contributed by atoms with Crippen LogP contribution >= 0.6 is 0 Å². The van der Waals surface area contributed by atoms with E-state index in [1.54, 1.807) is 0 Å². The molecule has 2 saturated carbocycles. The zero-order chi connectivity index (χ0) is 13.3. The molecular formula is C18H29N. The largest absolute Gasteiger partial charge is 0.300 e. The minimum atomic E-state index is 0.503. The van der Waals surface area contributed by atoms with Crippen LogP contribution in [0.2, 0.25) is 0 Å². The quantitative estimate of drug-likeness (QED) is 0.707. The Morgan fingerprint density at radius 1 is 1.11 bits per heavy atom. The fraction of sp³-hybridized carbons (Fsp3) is 0.778. The molecule has 0 bridgehead atoms. The summed E-state index contributed by atoms with van der Waals surface area (Å²) in [5, 5.41) is 0. The second-order valence-corrected chi connectivity index (χ2v) is 6.73. The predicted molar refractivity (Wildman–Crippen MR) is 82.1 cm³/mol. The molecule has 3 aliphatic carbocycles. The van der Waals surface area contributed by atoms with E-state index >= 15 is 0 Å². The molecule has 1 nitrogen and oxygen atoms in total. The molecule has 0 aliphatic heterocycles. The minimum absolute atomic E-state index is 0.503. The molecule has 1 heteroatoms. The molecule has 0 N–H and O–H groups in total. The van der Waals surface area contributed by atoms with Gasteiger partial charge in [0.05, 0.1) is 0 Å². The maximum absolute atomic E-state index is 2.76. The Balaban J connectivity index is 1.84. The number of rotatable bonds is 5. The first-order chi connectivity index (χ1) is 9.31. The summed E-state index contributed by atoms with van der Waals surface area (Å²) in [5.74, 6) is 1.78. The van der Waals surface area contributed by atoms with Gasteiger partial charge in [-0.05, 0) is 44.2 Å². The summed E-state index contributed by atoms with van der Waals surface area (Å²) in [4.78, 5) is 2.76. The van der Waals surface area contributed by atoms with Gasteiger partial charge in [0.2, 0.25) is 0 Å². The topological polar surface area (TPSA) is 3.24 Å². The summed E-state index contributed by atoms with van der Waals surface area (Å²) in [6.07, 6.45) is 18.3. The van der Waals surface area contributed by atoms with E-state index in [0.717, 1.165) is 17.9 Å². The highest BCUT2D eigenvalue weighted by Gasteiger charge is 2.59. The summed E-state index contributed by atoms with van der Waals surface area (Å²) in [5.41, 5.74) is 0.503. The van der Waals surface area contributed by atoms with E-state index in [1.165, 1.54) is 51.6 Å². The molecule has 0 saturated heterocycles. The molecule has 3 atom stereocenters. The lowest BCUT2D eigenvalue weighted by Gasteiger charge is -2.43. The molecule has 0 spiro atoms. The van der Waals surface area contributed by atoms with Crippen molar-refractivity contribution in [1.82, 2.24) is 4.90 Å². The van der Waals surface area contributed by atoms with Gasteiger partial charge in [0.25, 0.3) is 0 Å². The van der Waals surface area contributed by atoms with Crippen molar-refractivity contribution < 1.29 is 0 Å². The average molecular weight is 259 g/mol. The summed E-state index contributed by atoms with van der Waals surface area (Å²) in [7, 11) is 0. The number of fused-ring (bicyclic) bond motifs is 1. The van der Waals surface area contributed by atoms with Crippen LogP contribution in [-0.4, -0.2) is 24.0 Å². The summed E-state index contributed by atoms with van der Waals surface area (Å²) >= 11 is 0. The Kier molecular flexibility index (Phi) is 3.84. The van der Waals surface area contributed by atoms with E-state index in [-0.39, 0.29) is 0 Å². The van der Waals surface area contributed by atoms with Crippen molar-refractivity contribution in [2.45, 2.75) is 58.4 Å². The fourth-order valence-electron chi connectivity index (χ4n) is 4.78. The van der Waals surface area contributed by atoms with Crippen LogP contribution in [0, 0.1) is 17.3 Å². The second kappa shape index (κ2) is 5.44. The van der Waals surface area contributed by atoms with Gasteiger partial charge in [-0.15, -0.1) is 0 Å². The SMILES string of the molecule is CCN(CC)C(C1CCCCC1)C12C=CC=CC1C2. The van der Waals surface area contributed by atoms with Crippen LogP contribution in [0.4, 0.5) is 0 Å². The molecule has 0 radical (unpaired) electrons. The molecule has 0 amide bonds. The highest BCUT2D eigenvalue weighted by Crippen LogP contribution is 2.62. The van der Waals surface area contributed by atoms with Gasteiger partial charge in [-0.3, -0.25) is 4.90 Å². The maximum Gasteiger partial charge on any atom is 0.0220 e. The van der Waals surface area contributed by atoms with Crippen molar-refractivity contribution in [1.29, 1.82) is 0 Å². The first kappa shape index (κ1) is 13.4. The second-order valence-electron chi connectivity index (χ2n) is 6.73. The summed E-state index contributed by atoms with van der Waals surface area (Å²) < 4.78 is 0. The van der Waals surface area contributed by atoms with Gasteiger partial charge >= 0.3 is 0 Å². The zero-order valence-electron chi connectivity index (χ0n) is 12.6. The lowest BCUT2D eigenvalue weighted by Crippen LogP contribution is -2.47. The predicted octanol–water partition coefficient (Wildman–Crippen LogP) is 4.41. The molecule has 0 heterocycles. The van der Waals surface area contributed by atoms with Gasteiger partial charge in [-0.2, -0.15) is 0 Å². The van der Waals surface area contributed by atoms with Gasteiger partial charge in [0.15, 0.2) is 0 Å². The minimum Gasteiger partial charge on any atom is -0.300 e. The van der Waals surface area contributed by atoms with Gasteiger partial charge in [-0.25, -0.2) is 0 Å². The van der Waals surface area contributed by atoms with Crippen LogP contribution < -0.4 is 0 Å². The summed E-state index contributed by atoms with van der Waals surface area (Å²) in [6.45, 7) is 7.11. The molecular weight excluding hydrogens is 230 g/mol. The normalized spacial score (nSPS) is 35.4. The van der Waals surface area contributed by atoms with E-state index in [4.69, 9.17) is 0 Å². The molecule has 3 unspecified atom stereocenters. The molecule has 3 aliphatic rings. The monoisotopic (exact) mass is 259 g/mol. The third-order valence-electron chi connectivity index (χ3n) is 5.82. The average Bonchev–Trinajstić information content (AvgIpc) is 3.20. The van der Waals surface area contributed by atoms with Crippen LogP contribution in [-0.2, 0) is 0 Å². The Labute approximate surface area is 118 Å². The van der Waals surface area contributed by atoms with Crippen LogP contribution in [0.25, 0.3) is 0 Å². The van der Waals surface area contributed by atoms with E-state index in [9.17, 15) is 0 Å². The first-order valence-electron chi connectivity index (χ1n) is 8.42. The highest BCUT2D eigenvalue weighted by molar-refractivity contribution is 5.32. The maximum atomic E-state index is 2.76. The molecule has 106 valence electrons. The highest BCUT2D eigenvalue weighted by atomic mass is 15.2. The van der Waals surface area contributed by atoms with Crippen molar-refractivity contribution in [2.75, 3.05) is 13.1 Å². The van der Waals surface area contributed by atoms with E-state index in [1.807, 2.05) is 0 Å². The number of hydrogen-bond acceptors (Lipinski definition) is 1. The van der Waals surface area contributed by atoms with Crippen LogP contribution in [0.15, 0.2) is 24.3 Å². The third-order valence-corrected chi connectivity index (χ3v) is 5.82. The molecule has 0 aromatic heterocycles. The standard InChI is InChI=1S/C18H29N/c1-3-19(4-2)17(15-10-6-5-7-11-15)18-13-9-8-12-16(18)14-18/h8-9,12-13,15-17H,3-7,10-11,14H2,1-2H3. The molecule has 0 aromatic carbocycles. The van der Waals surface area contributed by atoms with Crippen molar-refractivity contribution in [3.63, 3.8) is 0 Å². The lowest BCUT2D eigenvalue weighted by atomic mass is 9.74. The van der Waals surface area contributed by atoms with Crippen molar-refractivity contribution in [3.05, 3.63) is 24.3 Å². The molecule has 0 aromatic rings. The van der Waals surface area contributed by atoms with Gasteiger partial charge in [0, 0.05) is 11.5 Å². The summed E-state index contributed by atoms with van der Waals surface area (Å²) in [6, 6.07) is 0.800. The van der Waals surface area contributed by atoms with Gasteiger partial charge in [0.1, 0.15) is 0 Å². The Bertz CT molecular complexity index is 360. The van der Waals surface area contributed by atoms with Crippen LogP contribution in [0.5, 0.6) is 0 Å². The van der Waals surface area contributed by atoms with Crippen molar-refractivity contribution in [3.8, 4) is 0 Å². The lowest BCUT2D eigenvalue weighted by molar-refractivity contribution is 0.0806. The fourth-order valence-corrected chi connectivity index (χ4v) is 4.78. The van der Waals surface area contributed by atoms with Crippen molar-refractivity contribution >= 4 is 0 Å². The number of hydrogen-bond donors (Lipinski definition) is 0. The Morgan fingerprint density at radius 3 is 2.47 bits per heavy atom. The van der Waals surface area contributed by atoms with Crippen LogP contribution in [0.1, 0.15) is 52.4 Å². The van der Waals surface area contributed by atoms with Gasteiger partial charge in [-0.1, -0.05) is 57.4 Å². The molecule has 19 heavy (non-hydrogen) atoms. The van der Waals surface area contributed by atoms with Gasteiger partial charge < -0.3 is 0 Å².